The number of carbonyl (C=O) groups excluding carboxylic acids is 1. The molecule has 7 heteroatoms. The number of likely N-dealkylation sites (tertiary alicyclic amines) is 1. The molecule has 0 aliphatic carbocycles. The second-order valence-electron chi connectivity index (χ2n) is 5.28. The van der Waals surface area contributed by atoms with Crippen molar-refractivity contribution in [1.82, 2.24) is 9.88 Å². The van der Waals surface area contributed by atoms with Gasteiger partial charge in [-0.25, -0.2) is 9.78 Å². The van der Waals surface area contributed by atoms with Crippen LogP contribution in [0, 0.1) is 5.92 Å². The van der Waals surface area contributed by atoms with Crippen molar-refractivity contribution < 1.29 is 14.7 Å². The summed E-state index contributed by atoms with van der Waals surface area (Å²) >= 11 is 1.31. The number of fused-ring (bicyclic) bond motifs is 1. The number of nitrogens with zero attached hydrogens (tertiary/aromatic N) is 2. The molecule has 2 aromatic rings. The van der Waals surface area contributed by atoms with Crippen molar-refractivity contribution >= 4 is 38.6 Å². The summed E-state index contributed by atoms with van der Waals surface area (Å²) in [6.07, 6.45) is 0.707. The van der Waals surface area contributed by atoms with Crippen LogP contribution in [0.15, 0.2) is 18.2 Å². The largest absolute Gasteiger partial charge is 0.480 e. The van der Waals surface area contributed by atoms with Gasteiger partial charge in [-0.15, -0.1) is 0 Å². The van der Waals surface area contributed by atoms with Gasteiger partial charge in [0.2, 0.25) is 0 Å². The van der Waals surface area contributed by atoms with Crippen LogP contribution in [-0.4, -0.2) is 39.5 Å². The fourth-order valence-corrected chi connectivity index (χ4v) is 3.57. The molecule has 1 aliphatic heterocycles. The number of rotatable bonds is 2. The number of aromatic nitrogens is 1. The molecule has 2 unspecified atom stereocenters. The van der Waals surface area contributed by atoms with Crippen LogP contribution >= 0.6 is 11.3 Å². The van der Waals surface area contributed by atoms with Gasteiger partial charge >= 0.3 is 5.97 Å². The number of carbonyl (C=O) groups is 2. The van der Waals surface area contributed by atoms with Crippen molar-refractivity contribution in [1.29, 1.82) is 0 Å². The third kappa shape index (κ3) is 2.33. The molecule has 21 heavy (non-hydrogen) atoms. The first-order chi connectivity index (χ1) is 9.97. The number of hydrogen-bond acceptors (Lipinski definition) is 5. The molecule has 1 aromatic heterocycles. The molecule has 1 aromatic carbocycles. The van der Waals surface area contributed by atoms with Gasteiger partial charge in [-0.2, -0.15) is 0 Å². The number of amides is 1. The summed E-state index contributed by atoms with van der Waals surface area (Å²) in [5.41, 5.74) is 6.88. The van der Waals surface area contributed by atoms with E-state index in [2.05, 4.69) is 4.98 Å². The Balaban J connectivity index is 1.94. The first-order valence-corrected chi connectivity index (χ1v) is 7.49. The molecule has 0 radical (unpaired) electrons. The topological polar surface area (TPSA) is 96.5 Å². The molecule has 0 spiro atoms. The summed E-state index contributed by atoms with van der Waals surface area (Å²) in [4.78, 5) is 29.5. The minimum Gasteiger partial charge on any atom is -0.480 e. The number of carboxylic acid groups (broad SMARTS) is 1. The van der Waals surface area contributed by atoms with E-state index in [0.29, 0.717) is 23.7 Å². The zero-order valence-electron chi connectivity index (χ0n) is 11.4. The van der Waals surface area contributed by atoms with E-state index in [9.17, 15) is 14.7 Å². The number of hydrogen-bond donors (Lipinski definition) is 2. The molecule has 2 atom stereocenters. The third-order valence-electron chi connectivity index (χ3n) is 3.87. The minimum atomic E-state index is -0.948. The molecule has 1 fully saturated rings. The lowest BCUT2D eigenvalue weighted by Crippen LogP contribution is -2.42. The van der Waals surface area contributed by atoms with Gasteiger partial charge in [-0.3, -0.25) is 4.79 Å². The Morgan fingerprint density at radius 3 is 2.95 bits per heavy atom. The minimum absolute atomic E-state index is 0.0331. The van der Waals surface area contributed by atoms with Crippen molar-refractivity contribution in [2.45, 2.75) is 19.4 Å². The van der Waals surface area contributed by atoms with Crippen molar-refractivity contribution in [3.63, 3.8) is 0 Å². The first kappa shape index (κ1) is 13.8. The first-order valence-electron chi connectivity index (χ1n) is 6.67. The fourth-order valence-electron chi connectivity index (χ4n) is 2.79. The van der Waals surface area contributed by atoms with Crippen molar-refractivity contribution in [3.8, 4) is 0 Å². The van der Waals surface area contributed by atoms with Gasteiger partial charge in [0.05, 0.1) is 10.2 Å². The Labute approximate surface area is 125 Å². The van der Waals surface area contributed by atoms with E-state index >= 15 is 0 Å². The molecule has 0 bridgehead atoms. The van der Waals surface area contributed by atoms with E-state index in [0.717, 1.165) is 10.2 Å². The summed E-state index contributed by atoms with van der Waals surface area (Å²) in [6, 6.07) is 4.39. The van der Waals surface area contributed by atoms with Crippen LogP contribution in [0.4, 0.5) is 5.13 Å². The lowest BCUT2D eigenvalue weighted by molar-refractivity contribution is -0.142. The SMILES string of the molecule is CC1CCN(C(=O)c2ccc3nc(N)sc3c2)C1C(=O)O. The molecule has 3 rings (SSSR count). The highest BCUT2D eigenvalue weighted by Crippen LogP contribution is 2.28. The van der Waals surface area contributed by atoms with E-state index in [1.165, 1.54) is 16.2 Å². The fraction of sp³-hybridized carbons (Fsp3) is 0.357. The molecule has 3 N–H and O–H groups in total. The zero-order valence-corrected chi connectivity index (χ0v) is 12.3. The lowest BCUT2D eigenvalue weighted by atomic mass is 10.0. The van der Waals surface area contributed by atoms with Crippen LogP contribution in [0.3, 0.4) is 0 Å². The third-order valence-corrected chi connectivity index (χ3v) is 4.71. The van der Waals surface area contributed by atoms with Gasteiger partial charge in [0.1, 0.15) is 6.04 Å². The summed E-state index contributed by atoms with van der Waals surface area (Å²) in [5, 5.41) is 9.76. The highest BCUT2D eigenvalue weighted by molar-refractivity contribution is 7.22. The maximum atomic E-state index is 12.6. The second kappa shape index (κ2) is 5.00. The number of benzene rings is 1. The van der Waals surface area contributed by atoms with E-state index < -0.39 is 12.0 Å². The Hall–Kier alpha value is -2.15. The van der Waals surface area contributed by atoms with Gasteiger partial charge in [0.25, 0.3) is 5.91 Å². The van der Waals surface area contributed by atoms with Gasteiger partial charge in [0, 0.05) is 12.1 Å². The van der Waals surface area contributed by atoms with E-state index in [-0.39, 0.29) is 11.8 Å². The van der Waals surface area contributed by atoms with E-state index in [1.54, 1.807) is 18.2 Å². The van der Waals surface area contributed by atoms with Gasteiger partial charge in [-0.1, -0.05) is 18.3 Å². The van der Waals surface area contributed by atoms with Crippen molar-refractivity contribution in [2.75, 3.05) is 12.3 Å². The quantitative estimate of drug-likeness (QED) is 0.882. The Morgan fingerprint density at radius 2 is 2.24 bits per heavy atom. The highest BCUT2D eigenvalue weighted by atomic mass is 32.1. The van der Waals surface area contributed by atoms with Gasteiger partial charge in [-0.05, 0) is 30.5 Å². The number of nitrogen functional groups attached to an aromatic ring is 1. The average molecular weight is 305 g/mol. The maximum absolute atomic E-state index is 12.6. The lowest BCUT2D eigenvalue weighted by Gasteiger charge is -2.23. The van der Waals surface area contributed by atoms with Crippen molar-refractivity contribution in [3.05, 3.63) is 23.8 Å². The summed E-state index contributed by atoms with van der Waals surface area (Å²) < 4.78 is 0.831. The van der Waals surface area contributed by atoms with Crippen LogP contribution < -0.4 is 5.73 Å². The molecular formula is C14H15N3O3S. The molecule has 1 saturated heterocycles. The smallest absolute Gasteiger partial charge is 0.326 e. The Morgan fingerprint density at radius 1 is 1.48 bits per heavy atom. The molecule has 110 valence electrons. The van der Waals surface area contributed by atoms with E-state index in [4.69, 9.17) is 5.73 Å². The number of nitrogens with two attached hydrogens (primary N) is 1. The van der Waals surface area contributed by atoms with Crippen LogP contribution in [0.1, 0.15) is 23.7 Å². The van der Waals surface area contributed by atoms with Crippen molar-refractivity contribution in [2.24, 2.45) is 5.92 Å². The number of carboxylic acids is 1. The molecule has 2 heterocycles. The maximum Gasteiger partial charge on any atom is 0.326 e. The van der Waals surface area contributed by atoms with Crippen LogP contribution in [-0.2, 0) is 4.79 Å². The normalized spacial score (nSPS) is 21.9. The van der Waals surface area contributed by atoms with Crippen LogP contribution in [0.5, 0.6) is 0 Å². The number of anilines is 1. The van der Waals surface area contributed by atoms with Gasteiger partial charge < -0.3 is 15.7 Å². The van der Waals surface area contributed by atoms with Crippen LogP contribution in [0.25, 0.3) is 10.2 Å². The molecule has 6 nitrogen and oxygen atoms in total. The average Bonchev–Trinajstić information content (AvgIpc) is 2.98. The molecular weight excluding hydrogens is 290 g/mol. The van der Waals surface area contributed by atoms with Gasteiger partial charge in [0.15, 0.2) is 5.13 Å². The zero-order chi connectivity index (χ0) is 15.1. The number of thiazole rings is 1. The Bertz CT molecular complexity index is 727. The Kier molecular flexibility index (Phi) is 3.29. The summed E-state index contributed by atoms with van der Waals surface area (Å²) in [5.74, 6) is -1.23. The number of aliphatic carboxylic acids is 1. The second-order valence-corrected chi connectivity index (χ2v) is 6.34. The van der Waals surface area contributed by atoms with E-state index in [1.807, 2.05) is 6.92 Å². The van der Waals surface area contributed by atoms with Crippen LogP contribution in [0.2, 0.25) is 0 Å². The summed E-state index contributed by atoms with van der Waals surface area (Å²) in [7, 11) is 0. The molecule has 1 amide bonds. The molecule has 1 aliphatic rings. The summed E-state index contributed by atoms with van der Waals surface area (Å²) in [6.45, 7) is 2.33. The molecule has 0 saturated carbocycles. The predicted octanol–water partition coefficient (Wildman–Crippen LogP) is 1.81. The monoisotopic (exact) mass is 305 g/mol. The highest BCUT2D eigenvalue weighted by Gasteiger charge is 2.39. The predicted molar refractivity (Wildman–Crippen MR) is 80.3 cm³/mol. The standard InChI is InChI=1S/C14H15N3O3S/c1-7-4-5-17(11(7)13(19)20)12(18)8-2-3-9-10(6-8)21-14(15)16-9/h2-3,6-7,11H,4-5H2,1H3,(H2,15,16)(H,19,20).